The number of hydrogen-bond donors (Lipinski definition) is 2. The van der Waals surface area contributed by atoms with Gasteiger partial charge in [-0.3, -0.25) is 4.79 Å². The van der Waals surface area contributed by atoms with Crippen LogP contribution in [0.3, 0.4) is 0 Å². The van der Waals surface area contributed by atoms with Crippen molar-refractivity contribution in [1.82, 2.24) is 9.69 Å². The molecule has 0 aromatic carbocycles. The van der Waals surface area contributed by atoms with Gasteiger partial charge in [-0.1, -0.05) is 11.6 Å². The van der Waals surface area contributed by atoms with Gasteiger partial charge in [0.05, 0.1) is 0 Å². The van der Waals surface area contributed by atoms with Crippen molar-refractivity contribution in [2.45, 2.75) is 13.0 Å². The third-order valence-electron chi connectivity index (χ3n) is 1.75. The summed E-state index contributed by atoms with van der Waals surface area (Å²) < 4.78 is 3.82. The van der Waals surface area contributed by atoms with Crippen LogP contribution >= 0.6 is 23.1 Å². The summed E-state index contributed by atoms with van der Waals surface area (Å²) in [5.74, 6) is -0.164. The molecule has 1 aromatic heterocycles. The van der Waals surface area contributed by atoms with Crippen molar-refractivity contribution in [3.8, 4) is 6.07 Å². The minimum absolute atomic E-state index is 0.161. The number of carbonyl (C=O) groups excluding carboxylic acids is 1. The normalized spacial score (nSPS) is 11.6. The number of aromatic nitrogens is 1. The van der Waals surface area contributed by atoms with Gasteiger partial charge in [-0.25, -0.2) is 0 Å². The third kappa shape index (κ3) is 2.58. The van der Waals surface area contributed by atoms with Crippen molar-refractivity contribution in [2.24, 2.45) is 0 Å². The molecule has 0 unspecified atom stereocenters. The summed E-state index contributed by atoms with van der Waals surface area (Å²) in [7, 11) is 1.55. The molecule has 0 aliphatic carbocycles. The van der Waals surface area contributed by atoms with Gasteiger partial charge < -0.3 is 10.6 Å². The third-order valence-corrected chi connectivity index (χ3v) is 2.90. The summed E-state index contributed by atoms with van der Waals surface area (Å²) in [6.07, 6.45) is 0. The monoisotopic (exact) mass is 244 g/mol. The molecule has 0 radical (unpaired) electrons. The van der Waals surface area contributed by atoms with E-state index < -0.39 is 6.04 Å². The number of rotatable bonds is 3. The summed E-state index contributed by atoms with van der Waals surface area (Å²) in [5, 5.41) is 14.8. The molecule has 0 aliphatic heterocycles. The Hall–Kier alpha value is -1.32. The average Bonchev–Trinajstić information content (AvgIpc) is 2.57. The molecule has 1 atom stereocenters. The van der Waals surface area contributed by atoms with Gasteiger partial charge in [0.15, 0.2) is 5.15 Å². The number of likely N-dealkylation sites (N-methyl/N-ethyl adjacent to an activating group) is 1. The minimum atomic E-state index is -0.432. The number of carbonyl (C=O) groups is 1. The second-order valence-corrected chi connectivity index (χ2v) is 3.90. The van der Waals surface area contributed by atoms with Crippen molar-refractivity contribution in [3.63, 3.8) is 0 Å². The topological polar surface area (TPSA) is 77.8 Å². The molecule has 0 saturated heterocycles. The predicted molar refractivity (Wildman–Crippen MR) is 59.0 cm³/mol. The molecule has 5 nitrogen and oxygen atoms in total. The Morgan fingerprint density at radius 3 is 2.93 bits per heavy atom. The zero-order valence-corrected chi connectivity index (χ0v) is 9.74. The fourth-order valence-corrected chi connectivity index (χ4v) is 1.97. The van der Waals surface area contributed by atoms with E-state index in [4.69, 9.17) is 16.9 Å². The van der Waals surface area contributed by atoms with Gasteiger partial charge in [-0.2, -0.15) is 9.64 Å². The number of hydrogen-bond acceptors (Lipinski definition) is 5. The van der Waals surface area contributed by atoms with Crippen molar-refractivity contribution in [2.75, 3.05) is 12.4 Å². The van der Waals surface area contributed by atoms with Crippen molar-refractivity contribution in [1.29, 1.82) is 5.26 Å². The molecule has 0 saturated carbocycles. The number of halogens is 1. The Balaban J connectivity index is 2.82. The molecular formula is C8H9ClN4OS. The standard InChI is InChI=1S/C8H9ClN4OS/c1-4(7(14)11-2)12-8-5(3-10)6(9)13-15-8/h4,12H,1-2H3,(H,11,14)/t4-/m1/s1. The number of anilines is 1. The van der Waals surface area contributed by atoms with Crippen LogP contribution < -0.4 is 10.6 Å². The Morgan fingerprint density at radius 2 is 2.40 bits per heavy atom. The van der Waals surface area contributed by atoms with E-state index in [-0.39, 0.29) is 16.6 Å². The molecule has 0 aliphatic rings. The first kappa shape index (κ1) is 11.8. The predicted octanol–water partition coefficient (Wildman–Crippen LogP) is 1.21. The number of amides is 1. The number of nitriles is 1. The van der Waals surface area contributed by atoms with Gasteiger partial charge >= 0.3 is 0 Å². The Kier molecular flexibility index (Phi) is 3.88. The molecule has 1 aromatic rings. The van der Waals surface area contributed by atoms with Crippen molar-refractivity contribution in [3.05, 3.63) is 10.7 Å². The highest BCUT2D eigenvalue weighted by molar-refractivity contribution is 7.10. The zero-order valence-electron chi connectivity index (χ0n) is 8.17. The van der Waals surface area contributed by atoms with E-state index in [1.165, 1.54) is 0 Å². The highest BCUT2D eigenvalue weighted by Gasteiger charge is 2.16. The fourth-order valence-electron chi connectivity index (χ4n) is 0.945. The van der Waals surface area contributed by atoms with Gasteiger partial charge in [-0.05, 0) is 18.5 Å². The fraction of sp³-hybridized carbons (Fsp3) is 0.375. The number of nitrogens with zero attached hydrogens (tertiary/aromatic N) is 2. The van der Waals surface area contributed by atoms with E-state index in [1.54, 1.807) is 14.0 Å². The van der Waals surface area contributed by atoms with Gasteiger partial charge in [0.2, 0.25) is 5.91 Å². The van der Waals surface area contributed by atoms with Crippen LogP contribution in [-0.4, -0.2) is 23.4 Å². The summed E-state index contributed by atoms with van der Waals surface area (Å²) in [4.78, 5) is 11.2. The summed E-state index contributed by atoms with van der Waals surface area (Å²) in [6.45, 7) is 1.69. The van der Waals surface area contributed by atoms with Gasteiger partial charge in [0, 0.05) is 7.05 Å². The van der Waals surface area contributed by atoms with E-state index in [0.29, 0.717) is 5.00 Å². The molecule has 1 rings (SSSR count). The Bertz CT molecular complexity index is 411. The molecule has 0 spiro atoms. The Labute approximate surface area is 96.2 Å². The first-order valence-electron chi connectivity index (χ1n) is 4.13. The van der Waals surface area contributed by atoms with Gasteiger partial charge in [-0.15, -0.1) is 0 Å². The van der Waals surface area contributed by atoms with E-state index in [9.17, 15) is 4.79 Å². The Morgan fingerprint density at radius 1 is 1.73 bits per heavy atom. The van der Waals surface area contributed by atoms with Gasteiger partial charge in [0.1, 0.15) is 22.7 Å². The SMILES string of the molecule is CNC(=O)[C@@H](C)Nc1snc(Cl)c1C#N. The van der Waals surface area contributed by atoms with Crippen molar-refractivity contribution >= 4 is 34.0 Å². The highest BCUT2D eigenvalue weighted by atomic mass is 35.5. The van der Waals surface area contributed by atoms with Crippen LogP contribution in [0.15, 0.2) is 0 Å². The lowest BCUT2D eigenvalue weighted by atomic mass is 10.3. The zero-order chi connectivity index (χ0) is 11.4. The lowest BCUT2D eigenvalue weighted by molar-refractivity contribution is -0.121. The second kappa shape index (κ2) is 4.96. The maximum atomic E-state index is 11.2. The van der Waals surface area contributed by atoms with Crippen LogP contribution in [0.1, 0.15) is 12.5 Å². The molecule has 15 heavy (non-hydrogen) atoms. The van der Waals surface area contributed by atoms with E-state index in [2.05, 4.69) is 15.0 Å². The molecule has 2 N–H and O–H groups in total. The average molecular weight is 245 g/mol. The molecule has 80 valence electrons. The molecule has 1 amide bonds. The van der Waals surface area contributed by atoms with E-state index in [0.717, 1.165) is 11.5 Å². The lowest BCUT2D eigenvalue weighted by Gasteiger charge is -2.11. The van der Waals surface area contributed by atoms with Crippen LogP contribution in [-0.2, 0) is 4.79 Å². The van der Waals surface area contributed by atoms with E-state index >= 15 is 0 Å². The molecule has 7 heteroatoms. The quantitative estimate of drug-likeness (QED) is 0.838. The molecule has 0 bridgehead atoms. The first-order valence-corrected chi connectivity index (χ1v) is 5.28. The maximum Gasteiger partial charge on any atom is 0.241 e. The van der Waals surface area contributed by atoms with Gasteiger partial charge in [0.25, 0.3) is 0 Å². The number of nitrogens with one attached hydrogen (secondary N) is 2. The molecule has 0 fully saturated rings. The van der Waals surface area contributed by atoms with Crippen LogP contribution in [0, 0.1) is 11.3 Å². The lowest BCUT2D eigenvalue weighted by Crippen LogP contribution is -2.35. The summed E-state index contributed by atoms with van der Waals surface area (Å²) in [6, 6.07) is 1.50. The first-order chi connectivity index (χ1) is 7.10. The smallest absolute Gasteiger partial charge is 0.241 e. The highest BCUT2D eigenvalue weighted by Crippen LogP contribution is 2.27. The minimum Gasteiger partial charge on any atom is -0.363 e. The van der Waals surface area contributed by atoms with Crippen LogP contribution in [0.4, 0.5) is 5.00 Å². The van der Waals surface area contributed by atoms with Crippen molar-refractivity contribution < 1.29 is 4.79 Å². The maximum absolute atomic E-state index is 11.2. The van der Waals surface area contributed by atoms with Crippen LogP contribution in [0.2, 0.25) is 5.15 Å². The molecular weight excluding hydrogens is 236 g/mol. The largest absolute Gasteiger partial charge is 0.363 e. The summed E-state index contributed by atoms with van der Waals surface area (Å²) >= 11 is 6.74. The second-order valence-electron chi connectivity index (χ2n) is 2.77. The van der Waals surface area contributed by atoms with Crippen LogP contribution in [0.25, 0.3) is 0 Å². The van der Waals surface area contributed by atoms with E-state index in [1.807, 2.05) is 6.07 Å². The van der Waals surface area contributed by atoms with Crippen LogP contribution in [0.5, 0.6) is 0 Å². The summed E-state index contributed by atoms with van der Waals surface area (Å²) in [5.41, 5.74) is 0.275. The molecule has 1 heterocycles.